The van der Waals surface area contributed by atoms with Gasteiger partial charge in [0.25, 0.3) is 0 Å². The van der Waals surface area contributed by atoms with Crippen molar-refractivity contribution in [1.29, 1.82) is 0 Å². The van der Waals surface area contributed by atoms with Gasteiger partial charge < -0.3 is 10.8 Å². The van der Waals surface area contributed by atoms with Crippen LogP contribution >= 0.6 is 24.8 Å². The number of carboxylic acids is 1. The molecule has 0 spiro atoms. The summed E-state index contributed by atoms with van der Waals surface area (Å²) in [6, 6.07) is 14.2. The van der Waals surface area contributed by atoms with Crippen LogP contribution in [0, 0.1) is 0 Å². The number of nitrogen functional groups attached to an aromatic ring is 1. The Morgan fingerprint density at radius 1 is 0.944 bits per heavy atom. The van der Waals surface area contributed by atoms with Crippen molar-refractivity contribution in [2.45, 2.75) is 0 Å². The number of carboxylic acid groups (broad SMARTS) is 1. The minimum Gasteiger partial charge on any atom is -0.478 e. The van der Waals surface area contributed by atoms with E-state index in [4.69, 9.17) is 10.8 Å². The zero-order valence-electron chi connectivity index (χ0n) is 9.37. The van der Waals surface area contributed by atoms with E-state index in [9.17, 15) is 4.79 Å². The van der Waals surface area contributed by atoms with E-state index in [-0.39, 0.29) is 30.4 Å². The number of carbonyl (C=O) groups is 1. The molecule has 0 unspecified atom stereocenters. The van der Waals surface area contributed by atoms with Crippen LogP contribution in [0.1, 0.15) is 10.4 Å². The maximum Gasteiger partial charge on any atom is 0.335 e. The molecule has 2 rings (SSSR count). The second-order valence-corrected chi connectivity index (χ2v) is 3.47. The Hall–Kier alpha value is -1.71. The molecule has 0 saturated carbocycles. The number of benzene rings is 2. The summed E-state index contributed by atoms with van der Waals surface area (Å²) in [5.41, 5.74) is 8.63. The van der Waals surface area contributed by atoms with Crippen LogP contribution in [-0.2, 0) is 0 Å². The van der Waals surface area contributed by atoms with Gasteiger partial charge in [-0.15, -0.1) is 24.8 Å². The molecular formula is C13H13Cl2NO2. The van der Waals surface area contributed by atoms with Crippen LogP contribution in [-0.4, -0.2) is 11.1 Å². The molecule has 0 amide bonds. The van der Waals surface area contributed by atoms with Gasteiger partial charge in [0.15, 0.2) is 0 Å². The predicted molar refractivity (Wildman–Crippen MR) is 77.7 cm³/mol. The van der Waals surface area contributed by atoms with Crippen LogP contribution in [0.2, 0.25) is 0 Å². The predicted octanol–water partition coefficient (Wildman–Crippen LogP) is 3.48. The monoisotopic (exact) mass is 285 g/mol. The van der Waals surface area contributed by atoms with Crippen LogP contribution in [0.5, 0.6) is 0 Å². The molecule has 0 aromatic heterocycles. The Morgan fingerprint density at radius 3 is 2.00 bits per heavy atom. The van der Waals surface area contributed by atoms with Crippen molar-refractivity contribution < 1.29 is 9.90 Å². The quantitative estimate of drug-likeness (QED) is 0.831. The van der Waals surface area contributed by atoms with E-state index in [0.29, 0.717) is 5.69 Å². The molecule has 0 atom stereocenters. The van der Waals surface area contributed by atoms with E-state index in [1.807, 2.05) is 24.3 Å². The topological polar surface area (TPSA) is 63.3 Å². The summed E-state index contributed by atoms with van der Waals surface area (Å²) in [6.07, 6.45) is 0. The first-order valence-corrected chi connectivity index (χ1v) is 4.87. The second kappa shape index (κ2) is 6.89. The smallest absolute Gasteiger partial charge is 0.335 e. The normalized spacial score (nSPS) is 8.89. The zero-order chi connectivity index (χ0) is 11.5. The molecular weight excluding hydrogens is 273 g/mol. The summed E-state index contributed by atoms with van der Waals surface area (Å²) in [7, 11) is 0. The van der Waals surface area contributed by atoms with Gasteiger partial charge in [0.1, 0.15) is 0 Å². The highest BCUT2D eigenvalue weighted by molar-refractivity contribution is 5.88. The number of aromatic carboxylic acids is 1. The van der Waals surface area contributed by atoms with Gasteiger partial charge >= 0.3 is 5.97 Å². The summed E-state index contributed by atoms with van der Waals surface area (Å²) >= 11 is 0. The lowest BCUT2D eigenvalue weighted by Gasteiger charge is -2.05. The van der Waals surface area contributed by atoms with Crippen LogP contribution in [0.15, 0.2) is 48.5 Å². The summed E-state index contributed by atoms with van der Waals surface area (Å²) in [5.74, 6) is -0.924. The Balaban J connectivity index is 0.00000144. The van der Waals surface area contributed by atoms with Gasteiger partial charge in [-0.3, -0.25) is 0 Å². The molecule has 0 heterocycles. The van der Waals surface area contributed by atoms with Crippen molar-refractivity contribution in [3.05, 3.63) is 54.1 Å². The molecule has 96 valence electrons. The van der Waals surface area contributed by atoms with Gasteiger partial charge in [0.2, 0.25) is 0 Å². The number of nitrogens with two attached hydrogens (primary N) is 1. The summed E-state index contributed by atoms with van der Waals surface area (Å²) in [6.45, 7) is 0. The fourth-order valence-electron chi connectivity index (χ4n) is 1.55. The molecule has 0 saturated heterocycles. The molecule has 0 radical (unpaired) electrons. The number of rotatable bonds is 2. The summed E-state index contributed by atoms with van der Waals surface area (Å²) < 4.78 is 0. The fourth-order valence-corrected chi connectivity index (χ4v) is 1.55. The van der Waals surface area contributed by atoms with Gasteiger partial charge in [-0.25, -0.2) is 4.79 Å². The largest absolute Gasteiger partial charge is 0.478 e. The van der Waals surface area contributed by atoms with Crippen LogP contribution in [0.4, 0.5) is 5.69 Å². The lowest BCUT2D eigenvalue weighted by atomic mass is 10.0. The molecule has 2 aromatic rings. The molecule has 2 aromatic carbocycles. The molecule has 3 N–H and O–H groups in total. The van der Waals surface area contributed by atoms with Gasteiger partial charge in [-0.1, -0.05) is 30.3 Å². The van der Waals surface area contributed by atoms with Crippen molar-refractivity contribution in [3.63, 3.8) is 0 Å². The van der Waals surface area contributed by atoms with E-state index >= 15 is 0 Å². The Bertz CT molecular complexity index is 527. The molecule has 0 aliphatic carbocycles. The van der Waals surface area contributed by atoms with Crippen LogP contribution in [0.25, 0.3) is 11.1 Å². The van der Waals surface area contributed by atoms with E-state index in [1.54, 1.807) is 24.3 Å². The van der Waals surface area contributed by atoms with E-state index in [1.165, 1.54) is 0 Å². The van der Waals surface area contributed by atoms with Gasteiger partial charge in [-0.05, 0) is 23.8 Å². The van der Waals surface area contributed by atoms with Gasteiger partial charge in [0, 0.05) is 11.3 Å². The summed E-state index contributed by atoms with van der Waals surface area (Å²) in [4.78, 5) is 10.7. The van der Waals surface area contributed by atoms with Crippen molar-refractivity contribution >= 4 is 36.5 Å². The number of hydrogen-bond donors (Lipinski definition) is 2. The molecule has 0 bridgehead atoms. The molecule has 3 nitrogen and oxygen atoms in total. The summed E-state index contributed by atoms with van der Waals surface area (Å²) in [5, 5.41) is 8.78. The highest BCUT2D eigenvalue weighted by atomic mass is 35.5. The third kappa shape index (κ3) is 3.39. The Labute approximate surface area is 117 Å². The molecule has 0 fully saturated rings. The maximum atomic E-state index is 10.7. The third-order valence-electron chi connectivity index (χ3n) is 2.40. The van der Waals surface area contributed by atoms with Gasteiger partial charge in [0.05, 0.1) is 5.56 Å². The number of halogens is 2. The van der Waals surface area contributed by atoms with E-state index in [2.05, 4.69) is 0 Å². The first kappa shape index (κ1) is 16.3. The molecule has 18 heavy (non-hydrogen) atoms. The molecule has 5 heteroatoms. The van der Waals surface area contributed by atoms with Gasteiger partial charge in [-0.2, -0.15) is 0 Å². The fraction of sp³-hybridized carbons (Fsp3) is 0. The average Bonchev–Trinajstić information content (AvgIpc) is 2.30. The van der Waals surface area contributed by atoms with Crippen molar-refractivity contribution in [1.82, 2.24) is 0 Å². The standard InChI is InChI=1S/C13H11NO2.2ClH/c14-12-4-2-1-3-11(12)9-5-7-10(8-6-9)13(15)16;;/h1-8H,14H2,(H,15,16);2*1H. The number of hydrogen-bond acceptors (Lipinski definition) is 2. The Kier molecular flexibility index (Phi) is 6.23. The zero-order valence-corrected chi connectivity index (χ0v) is 11.0. The average molecular weight is 286 g/mol. The molecule has 0 aliphatic rings. The first-order valence-electron chi connectivity index (χ1n) is 4.87. The highest BCUT2D eigenvalue weighted by Gasteiger charge is 2.04. The first-order chi connectivity index (χ1) is 7.68. The van der Waals surface area contributed by atoms with Crippen LogP contribution in [0.3, 0.4) is 0 Å². The van der Waals surface area contributed by atoms with E-state index < -0.39 is 5.97 Å². The minimum absolute atomic E-state index is 0. The SMILES string of the molecule is Cl.Cl.Nc1ccccc1-c1ccc(C(=O)O)cc1. The van der Waals surface area contributed by atoms with E-state index in [0.717, 1.165) is 11.1 Å². The number of para-hydroxylation sites is 1. The maximum absolute atomic E-state index is 10.7. The number of anilines is 1. The third-order valence-corrected chi connectivity index (χ3v) is 2.40. The second-order valence-electron chi connectivity index (χ2n) is 3.47. The van der Waals surface area contributed by atoms with Crippen LogP contribution < -0.4 is 5.73 Å². The lowest BCUT2D eigenvalue weighted by molar-refractivity contribution is 0.0697. The van der Waals surface area contributed by atoms with Crippen molar-refractivity contribution in [2.24, 2.45) is 0 Å². The molecule has 0 aliphatic heterocycles. The minimum atomic E-state index is -0.924. The Morgan fingerprint density at radius 2 is 1.50 bits per heavy atom. The highest BCUT2D eigenvalue weighted by Crippen LogP contribution is 2.25. The van der Waals surface area contributed by atoms with Crippen molar-refractivity contribution in [3.8, 4) is 11.1 Å². The van der Waals surface area contributed by atoms with Crippen molar-refractivity contribution in [2.75, 3.05) is 5.73 Å². The lowest BCUT2D eigenvalue weighted by Crippen LogP contribution is -1.95.